The zero-order valence-electron chi connectivity index (χ0n) is 10.6. The molecule has 0 radical (unpaired) electrons. The predicted molar refractivity (Wildman–Crippen MR) is 69.7 cm³/mol. The number of aliphatic hydroxyl groups excluding tert-OH is 2. The summed E-state index contributed by atoms with van der Waals surface area (Å²) < 4.78 is 11.1. The molecule has 5 nitrogen and oxygen atoms in total. The molecule has 1 aliphatic rings. The third-order valence-electron chi connectivity index (χ3n) is 2.99. The van der Waals surface area contributed by atoms with Gasteiger partial charge in [0, 0.05) is 12.8 Å². The van der Waals surface area contributed by atoms with E-state index >= 15 is 0 Å². The summed E-state index contributed by atoms with van der Waals surface area (Å²) in [5.41, 5.74) is 1.09. The fraction of sp³-hybridized carbons (Fsp3) is 0.615. The van der Waals surface area contributed by atoms with Crippen LogP contribution in [0.25, 0.3) is 0 Å². The molecule has 2 heterocycles. The number of halogens is 1. The van der Waals surface area contributed by atoms with Crippen molar-refractivity contribution >= 4 is 11.6 Å². The normalized spacial score (nSPS) is 21.3. The van der Waals surface area contributed by atoms with Gasteiger partial charge in [0.15, 0.2) is 6.29 Å². The molecule has 0 spiro atoms. The van der Waals surface area contributed by atoms with E-state index in [9.17, 15) is 5.11 Å². The first-order chi connectivity index (χ1) is 9.20. The fourth-order valence-electron chi connectivity index (χ4n) is 1.93. The van der Waals surface area contributed by atoms with Gasteiger partial charge < -0.3 is 19.7 Å². The minimum Gasteiger partial charge on any atom is -0.393 e. The van der Waals surface area contributed by atoms with Crippen LogP contribution >= 0.6 is 11.6 Å². The van der Waals surface area contributed by atoms with E-state index in [4.69, 9.17) is 26.2 Å². The summed E-state index contributed by atoms with van der Waals surface area (Å²) in [4.78, 5) is 4.05. The van der Waals surface area contributed by atoms with Crippen molar-refractivity contribution in [3.63, 3.8) is 0 Å². The highest BCUT2D eigenvalue weighted by Gasteiger charge is 2.16. The molecule has 106 valence electrons. The molecule has 2 atom stereocenters. The van der Waals surface area contributed by atoms with E-state index in [0.29, 0.717) is 11.6 Å². The van der Waals surface area contributed by atoms with E-state index in [1.54, 1.807) is 12.3 Å². The van der Waals surface area contributed by atoms with Crippen LogP contribution in [-0.2, 0) is 16.1 Å². The summed E-state index contributed by atoms with van der Waals surface area (Å²) in [6.07, 6.45) is 3.48. The standard InChI is InChI=1S/C13H18ClNO4/c14-10-5-9(6-15-13(10)11(17)7-16)8-19-12-3-1-2-4-18-12/h5-6,11-12,16-17H,1-4,7-8H2. The van der Waals surface area contributed by atoms with E-state index in [0.717, 1.165) is 31.4 Å². The average Bonchev–Trinajstić information content (AvgIpc) is 2.45. The molecule has 19 heavy (non-hydrogen) atoms. The second kappa shape index (κ2) is 7.17. The highest BCUT2D eigenvalue weighted by Crippen LogP contribution is 2.22. The van der Waals surface area contributed by atoms with Gasteiger partial charge in [0.2, 0.25) is 0 Å². The Morgan fingerprint density at radius 2 is 2.37 bits per heavy atom. The molecular weight excluding hydrogens is 270 g/mol. The van der Waals surface area contributed by atoms with Crippen molar-refractivity contribution in [2.24, 2.45) is 0 Å². The number of aromatic nitrogens is 1. The first kappa shape index (κ1) is 14.7. The summed E-state index contributed by atoms with van der Waals surface area (Å²) in [7, 11) is 0. The van der Waals surface area contributed by atoms with Gasteiger partial charge in [-0.05, 0) is 30.9 Å². The average molecular weight is 288 g/mol. The number of ether oxygens (including phenoxy) is 2. The third-order valence-corrected chi connectivity index (χ3v) is 3.29. The molecule has 1 saturated heterocycles. The van der Waals surface area contributed by atoms with Gasteiger partial charge >= 0.3 is 0 Å². The number of hydrogen-bond donors (Lipinski definition) is 2. The summed E-state index contributed by atoms with van der Waals surface area (Å²) in [6, 6.07) is 1.69. The molecule has 1 aromatic heterocycles. The molecule has 0 aliphatic carbocycles. The van der Waals surface area contributed by atoms with Crippen LogP contribution in [0, 0.1) is 0 Å². The van der Waals surface area contributed by atoms with Crippen LogP contribution in [0.15, 0.2) is 12.3 Å². The zero-order valence-corrected chi connectivity index (χ0v) is 11.3. The Morgan fingerprint density at radius 3 is 3.00 bits per heavy atom. The molecule has 0 amide bonds. The summed E-state index contributed by atoms with van der Waals surface area (Å²) in [5, 5.41) is 18.7. The molecule has 2 rings (SSSR count). The molecule has 1 aromatic rings. The maximum absolute atomic E-state index is 9.49. The molecule has 2 N–H and O–H groups in total. The van der Waals surface area contributed by atoms with Crippen molar-refractivity contribution in [3.8, 4) is 0 Å². The molecular formula is C13H18ClNO4. The second-order valence-corrected chi connectivity index (χ2v) is 4.92. The first-order valence-corrected chi connectivity index (χ1v) is 6.75. The van der Waals surface area contributed by atoms with Gasteiger partial charge in [-0.25, -0.2) is 0 Å². The Balaban J connectivity index is 1.92. The Bertz CT molecular complexity index is 410. The van der Waals surface area contributed by atoms with Gasteiger partial charge in [-0.3, -0.25) is 4.98 Å². The van der Waals surface area contributed by atoms with Crippen molar-refractivity contribution in [3.05, 3.63) is 28.5 Å². The molecule has 6 heteroatoms. The lowest BCUT2D eigenvalue weighted by Gasteiger charge is -2.22. The van der Waals surface area contributed by atoms with Gasteiger partial charge in [-0.1, -0.05) is 11.6 Å². The van der Waals surface area contributed by atoms with Crippen molar-refractivity contribution in [1.82, 2.24) is 4.98 Å². The highest BCUT2D eigenvalue weighted by atomic mass is 35.5. The van der Waals surface area contributed by atoms with Crippen LogP contribution in [0.4, 0.5) is 0 Å². The summed E-state index contributed by atoms with van der Waals surface area (Å²) in [6.45, 7) is 0.705. The third kappa shape index (κ3) is 4.12. The maximum atomic E-state index is 9.49. The van der Waals surface area contributed by atoms with Crippen LogP contribution in [-0.4, -0.2) is 34.7 Å². The van der Waals surface area contributed by atoms with Crippen LogP contribution in [0.3, 0.4) is 0 Å². The lowest BCUT2D eigenvalue weighted by Crippen LogP contribution is -2.22. The van der Waals surface area contributed by atoms with Gasteiger partial charge in [-0.2, -0.15) is 0 Å². The second-order valence-electron chi connectivity index (χ2n) is 4.52. The maximum Gasteiger partial charge on any atom is 0.158 e. The smallest absolute Gasteiger partial charge is 0.158 e. The largest absolute Gasteiger partial charge is 0.393 e. The molecule has 0 saturated carbocycles. The van der Waals surface area contributed by atoms with Crippen LogP contribution in [0.5, 0.6) is 0 Å². The van der Waals surface area contributed by atoms with Crippen molar-refractivity contribution in [2.45, 2.75) is 38.3 Å². The number of hydrogen-bond acceptors (Lipinski definition) is 5. The number of pyridine rings is 1. The molecule has 1 fully saturated rings. The fourth-order valence-corrected chi connectivity index (χ4v) is 2.25. The number of aliphatic hydroxyl groups is 2. The van der Waals surface area contributed by atoms with Gasteiger partial charge in [-0.15, -0.1) is 0 Å². The van der Waals surface area contributed by atoms with E-state index in [2.05, 4.69) is 4.98 Å². The van der Waals surface area contributed by atoms with Crippen LogP contribution in [0.2, 0.25) is 5.02 Å². The van der Waals surface area contributed by atoms with E-state index in [-0.39, 0.29) is 12.0 Å². The Morgan fingerprint density at radius 1 is 1.53 bits per heavy atom. The first-order valence-electron chi connectivity index (χ1n) is 6.37. The topological polar surface area (TPSA) is 71.8 Å². The Labute approximate surface area is 117 Å². The number of rotatable bonds is 5. The van der Waals surface area contributed by atoms with E-state index in [1.807, 2.05) is 0 Å². The van der Waals surface area contributed by atoms with Gasteiger partial charge in [0.1, 0.15) is 6.10 Å². The van der Waals surface area contributed by atoms with Crippen molar-refractivity contribution in [2.75, 3.05) is 13.2 Å². The summed E-state index contributed by atoms with van der Waals surface area (Å²) >= 11 is 6.00. The molecule has 1 aliphatic heterocycles. The lowest BCUT2D eigenvalue weighted by atomic mass is 10.2. The van der Waals surface area contributed by atoms with Crippen LogP contribution in [0.1, 0.15) is 36.6 Å². The summed E-state index contributed by atoms with van der Waals surface area (Å²) in [5.74, 6) is 0. The minimum absolute atomic E-state index is 0.157. The SMILES string of the molecule is OCC(O)c1ncc(COC2CCCCO2)cc1Cl. The van der Waals surface area contributed by atoms with Gasteiger partial charge in [0.05, 0.1) is 23.9 Å². The highest BCUT2D eigenvalue weighted by molar-refractivity contribution is 6.31. The minimum atomic E-state index is -1.05. The van der Waals surface area contributed by atoms with Crippen LogP contribution < -0.4 is 0 Å². The zero-order chi connectivity index (χ0) is 13.7. The Hall–Kier alpha value is -0.720. The quantitative estimate of drug-likeness (QED) is 0.864. The van der Waals surface area contributed by atoms with Gasteiger partial charge in [0.25, 0.3) is 0 Å². The monoisotopic (exact) mass is 287 g/mol. The molecule has 2 unspecified atom stereocenters. The molecule has 0 bridgehead atoms. The van der Waals surface area contributed by atoms with Crippen molar-refractivity contribution < 1.29 is 19.7 Å². The Kier molecular flexibility index (Phi) is 5.54. The lowest BCUT2D eigenvalue weighted by molar-refractivity contribution is -0.168. The number of nitrogens with zero attached hydrogens (tertiary/aromatic N) is 1. The van der Waals surface area contributed by atoms with E-state index < -0.39 is 12.7 Å². The predicted octanol–water partition coefficient (Wildman–Crippen LogP) is 1.80. The van der Waals surface area contributed by atoms with E-state index in [1.165, 1.54) is 0 Å². The molecule has 0 aromatic carbocycles. The van der Waals surface area contributed by atoms with Crippen molar-refractivity contribution in [1.29, 1.82) is 0 Å².